The van der Waals surface area contributed by atoms with Crippen molar-refractivity contribution in [1.82, 2.24) is 10.2 Å². The zero-order chi connectivity index (χ0) is 14.0. The number of esters is 2. The smallest absolute Gasteiger partial charge is 0.302 e. The zero-order valence-electron chi connectivity index (χ0n) is 11.0. The molecule has 1 N–H and O–H groups in total. The Hall–Kier alpha value is -1.63. The number of ether oxygens (including phenoxy) is 2. The van der Waals surface area contributed by atoms with Gasteiger partial charge < -0.3 is 14.8 Å². The van der Waals surface area contributed by atoms with E-state index in [2.05, 4.69) is 5.32 Å². The average molecular weight is 292 g/mol. The topological polar surface area (TPSA) is 84.9 Å². The van der Waals surface area contributed by atoms with Crippen molar-refractivity contribution in [2.75, 3.05) is 33.0 Å². The van der Waals surface area contributed by atoms with E-state index in [0.29, 0.717) is 19.8 Å². The van der Waals surface area contributed by atoms with Gasteiger partial charge in [0.2, 0.25) is 5.91 Å². The molecule has 0 rings (SSSR count). The van der Waals surface area contributed by atoms with Gasteiger partial charge in [0.25, 0.3) is 0 Å². The standard InChI is InChI=1S/C11H20N2O5.2CH4/c1-9(14)12-8-13(4-6-17-10(2)15)5-7-18-11(3)16;;/h4-8H2,1-3H3,(H,12,14);2*1H4. The van der Waals surface area contributed by atoms with E-state index in [-0.39, 0.29) is 45.9 Å². The normalized spacial score (nSPS) is 9.00. The number of hydrogen-bond donors (Lipinski definition) is 1. The molecule has 0 fully saturated rings. The van der Waals surface area contributed by atoms with Crippen LogP contribution in [0.4, 0.5) is 0 Å². The first-order chi connectivity index (χ1) is 8.41. The van der Waals surface area contributed by atoms with E-state index in [0.717, 1.165) is 0 Å². The summed E-state index contributed by atoms with van der Waals surface area (Å²) in [5.41, 5.74) is 0. The number of carbonyl (C=O) groups excluding carboxylic acids is 3. The van der Waals surface area contributed by atoms with Gasteiger partial charge in [0.1, 0.15) is 13.2 Å². The molecule has 0 saturated heterocycles. The van der Waals surface area contributed by atoms with E-state index in [1.165, 1.54) is 20.8 Å². The molecule has 0 heterocycles. The number of rotatable bonds is 8. The molecule has 7 nitrogen and oxygen atoms in total. The molecule has 0 aromatic carbocycles. The zero-order valence-corrected chi connectivity index (χ0v) is 11.0. The third kappa shape index (κ3) is 16.4. The maximum Gasteiger partial charge on any atom is 0.302 e. The van der Waals surface area contributed by atoms with Gasteiger partial charge in [0.15, 0.2) is 0 Å². The first-order valence-corrected chi connectivity index (χ1v) is 5.65. The first-order valence-electron chi connectivity index (χ1n) is 5.65. The molecule has 7 heteroatoms. The lowest BCUT2D eigenvalue weighted by atomic mass is 10.5. The van der Waals surface area contributed by atoms with Crippen molar-refractivity contribution < 1.29 is 23.9 Å². The van der Waals surface area contributed by atoms with Gasteiger partial charge in [-0.2, -0.15) is 0 Å². The van der Waals surface area contributed by atoms with E-state index in [9.17, 15) is 14.4 Å². The molecule has 120 valence electrons. The predicted octanol–water partition coefficient (Wildman–Crippen LogP) is 0.780. The van der Waals surface area contributed by atoms with Crippen LogP contribution >= 0.6 is 0 Å². The Morgan fingerprint density at radius 2 is 1.30 bits per heavy atom. The summed E-state index contributed by atoms with van der Waals surface area (Å²) >= 11 is 0. The fourth-order valence-corrected chi connectivity index (χ4v) is 1.13. The Kier molecular flexibility index (Phi) is 16.2. The van der Waals surface area contributed by atoms with Crippen LogP contribution in [0.2, 0.25) is 0 Å². The van der Waals surface area contributed by atoms with Crippen molar-refractivity contribution in [3.63, 3.8) is 0 Å². The van der Waals surface area contributed by atoms with Gasteiger partial charge in [-0.15, -0.1) is 0 Å². The molecular weight excluding hydrogens is 264 g/mol. The summed E-state index contributed by atoms with van der Waals surface area (Å²) in [4.78, 5) is 33.8. The maximum absolute atomic E-state index is 10.8. The lowest BCUT2D eigenvalue weighted by molar-refractivity contribution is -0.142. The van der Waals surface area contributed by atoms with Gasteiger partial charge in [-0.3, -0.25) is 19.3 Å². The fraction of sp³-hybridized carbons (Fsp3) is 0.769. The van der Waals surface area contributed by atoms with E-state index < -0.39 is 0 Å². The summed E-state index contributed by atoms with van der Waals surface area (Å²) in [7, 11) is 0. The van der Waals surface area contributed by atoms with Crippen molar-refractivity contribution in [3.8, 4) is 0 Å². The number of carbonyl (C=O) groups is 3. The van der Waals surface area contributed by atoms with Crippen LogP contribution in [-0.4, -0.2) is 55.7 Å². The van der Waals surface area contributed by atoms with Crippen molar-refractivity contribution in [2.45, 2.75) is 35.6 Å². The highest BCUT2D eigenvalue weighted by Crippen LogP contribution is 1.89. The molecule has 0 atom stereocenters. The second-order valence-electron chi connectivity index (χ2n) is 3.69. The number of amides is 1. The highest BCUT2D eigenvalue weighted by atomic mass is 16.5. The monoisotopic (exact) mass is 292 g/mol. The second kappa shape index (κ2) is 13.8. The lowest BCUT2D eigenvalue weighted by Crippen LogP contribution is -2.40. The molecule has 0 radical (unpaired) electrons. The molecule has 0 aromatic heterocycles. The van der Waals surface area contributed by atoms with E-state index in [1.807, 2.05) is 4.90 Å². The van der Waals surface area contributed by atoms with Crippen molar-refractivity contribution in [3.05, 3.63) is 0 Å². The van der Waals surface area contributed by atoms with Crippen LogP contribution in [0.1, 0.15) is 35.6 Å². The minimum absolute atomic E-state index is 0. The largest absolute Gasteiger partial charge is 0.465 e. The minimum Gasteiger partial charge on any atom is -0.465 e. The molecule has 20 heavy (non-hydrogen) atoms. The number of nitrogens with zero attached hydrogens (tertiary/aromatic N) is 1. The highest BCUT2D eigenvalue weighted by Gasteiger charge is 2.07. The van der Waals surface area contributed by atoms with Crippen LogP contribution in [0.3, 0.4) is 0 Å². The van der Waals surface area contributed by atoms with E-state index in [1.54, 1.807) is 0 Å². The summed E-state index contributed by atoms with van der Waals surface area (Å²) in [5.74, 6) is -0.858. The number of nitrogens with one attached hydrogen (secondary N) is 1. The molecule has 0 aromatic rings. The maximum atomic E-state index is 10.8. The summed E-state index contributed by atoms with van der Waals surface area (Å²) in [5, 5.41) is 2.63. The van der Waals surface area contributed by atoms with Crippen LogP contribution in [0.15, 0.2) is 0 Å². The van der Waals surface area contributed by atoms with E-state index in [4.69, 9.17) is 9.47 Å². The van der Waals surface area contributed by atoms with E-state index >= 15 is 0 Å². The molecule has 0 aliphatic heterocycles. The summed E-state index contributed by atoms with van der Waals surface area (Å²) in [6.45, 7) is 5.77. The Balaban J connectivity index is -0.00000144. The van der Waals surface area contributed by atoms with Gasteiger partial charge in [0, 0.05) is 33.9 Å². The Morgan fingerprint density at radius 3 is 1.60 bits per heavy atom. The molecular formula is C13H28N2O5. The molecule has 0 aliphatic carbocycles. The van der Waals surface area contributed by atoms with Crippen molar-refractivity contribution in [2.24, 2.45) is 0 Å². The van der Waals surface area contributed by atoms with Gasteiger partial charge >= 0.3 is 11.9 Å². The van der Waals surface area contributed by atoms with Crippen LogP contribution in [0.25, 0.3) is 0 Å². The van der Waals surface area contributed by atoms with Crippen molar-refractivity contribution >= 4 is 17.8 Å². The van der Waals surface area contributed by atoms with Crippen LogP contribution in [0, 0.1) is 0 Å². The molecule has 0 aliphatic rings. The molecule has 0 saturated carbocycles. The minimum atomic E-state index is -0.352. The SMILES string of the molecule is C.C.CC(=O)NCN(CCOC(C)=O)CCOC(C)=O. The summed E-state index contributed by atoms with van der Waals surface area (Å²) < 4.78 is 9.61. The summed E-state index contributed by atoms with van der Waals surface area (Å²) in [6, 6.07) is 0. The first kappa shape index (κ1) is 23.5. The quantitative estimate of drug-likeness (QED) is 0.525. The van der Waals surface area contributed by atoms with Crippen LogP contribution < -0.4 is 5.32 Å². The molecule has 1 amide bonds. The van der Waals surface area contributed by atoms with Gasteiger partial charge in [-0.05, 0) is 0 Å². The van der Waals surface area contributed by atoms with Crippen LogP contribution in [-0.2, 0) is 23.9 Å². The Morgan fingerprint density at radius 1 is 0.900 bits per heavy atom. The highest BCUT2D eigenvalue weighted by molar-refractivity contribution is 5.72. The third-order valence-corrected chi connectivity index (χ3v) is 1.98. The average Bonchev–Trinajstić information content (AvgIpc) is 2.24. The lowest BCUT2D eigenvalue weighted by Gasteiger charge is -2.21. The van der Waals surface area contributed by atoms with Gasteiger partial charge in [0.05, 0.1) is 6.67 Å². The van der Waals surface area contributed by atoms with Gasteiger partial charge in [-0.25, -0.2) is 0 Å². The predicted molar refractivity (Wildman–Crippen MR) is 77.0 cm³/mol. The number of hydrogen-bond acceptors (Lipinski definition) is 6. The van der Waals surface area contributed by atoms with Gasteiger partial charge in [-0.1, -0.05) is 14.9 Å². The second-order valence-corrected chi connectivity index (χ2v) is 3.69. The molecule has 0 unspecified atom stereocenters. The molecule has 0 spiro atoms. The third-order valence-electron chi connectivity index (χ3n) is 1.98. The Labute approximate surface area is 121 Å². The molecule has 0 bridgehead atoms. The van der Waals surface area contributed by atoms with Crippen LogP contribution in [0.5, 0.6) is 0 Å². The summed E-state index contributed by atoms with van der Waals surface area (Å²) in [6.07, 6.45) is 0. The Bertz CT molecular complexity index is 274. The fourth-order valence-electron chi connectivity index (χ4n) is 1.13. The van der Waals surface area contributed by atoms with Crippen molar-refractivity contribution in [1.29, 1.82) is 0 Å².